The fourth-order valence-corrected chi connectivity index (χ4v) is 1.86. The van der Waals surface area contributed by atoms with Crippen LogP contribution in [0.4, 0.5) is 0 Å². The molecule has 0 amide bonds. The summed E-state index contributed by atoms with van der Waals surface area (Å²) in [5, 5.41) is 0. The predicted octanol–water partition coefficient (Wildman–Crippen LogP) is 1.17. The minimum atomic E-state index is 0.697. The van der Waals surface area contributed by atoms with E-state index in [4.69, 9.17) is 5.73 Å². The van der Waals surface area contributed by atoms with Gasteiger partial charge >= 0.3 is 0 Å². The van der Waals surface area contributed by atoms with Gasteiger partial charge in [-0.1, -0.05) is 29.8 Å². The van der Waals surface area contributed by atoms with Crippen LogP contribution in [-0.2, 0) is 6.42 Å². The standard InChI is InChI=1S/C12H17N3/c1-10-3-2-4-11(9-10)5-7-15-8-6-14-12(15)13/h2-4,9H,5-8H2,1H3,(H2,13,14). The molecule has 0 saturated heterocycles. The molecule has 0 spiro atoms. The molecule has 0 unspecified atom stereocenters. The summed E-state index contributed by atoms with van der Waals surface area (Å²) in [5.41, 5.74) is 8.43. The Labute approximate surface area is 90.6 Å². The maximum absolute atomic E-state index is 5.75. The van der Waals surface area contributed by atoms with E-state index in [2.05, 4.69) is 41.1 Å². The number of rotatable bonds is 3. The Hall–Kier alpha value is -1.51. The SMILES string of the molecule is Cc1cccc(CCN2CCN=C2N)c1. The lowest BCUT2D eigenvalue weighted by atomic mass is 10.1. The van der Waals surface area contributed by atoms with Crippen LogP contribution < -0.4 is 5.73 Å². The van der Waals surface area contributed by atoms with Crippen molar-refractivity contribution in [2.75, 3.05) is 19.6 Å². The molecule has 0 bridgehead atoms. The molecule has 2 N–H and O–H groups in total. The number of guanidine groups is 1. The summed E-state index contributed by atoms with van der Waals surface area (Å²) in [5.74, 6) is 0.697. The highest BCUT2D eigenvalue weighted by Gasteiger charge is 2.12. The minimum absolute atomic E-state index is 0.697. The number of benzene rings is 1. The molecule has 0 fully saturated rings. The lowest BCUT2D eigenvalue weighted by Crippen LogP contribution is -2.35. The van der Waals surface area contributed by atoms with Crippen LogP contribution in [0.3, 0.4) is 0 Å². The van der Waals surface area contributed by atoms with Crippen LogP contribution in [0.1, 0.15) is 11.1 Å². The first-order valence-electron chi connectivity index (χ1n) is 5.36. The van der Waals surface area contributed by atoms with Gasteiger partial charge in [0, 0.05) is 13.1 Å². The van der Waals surface area contributed by atoms with Crippen LogP contribution in [0.5, 0.6) is 0 Å². The summed E-state index contributed by atoms with van der Waals surface area (Å²) >= 11 is 0. The molecule has 80 valence electrons. The van der Waals surface area contributed by atoms with Crippen molar-refractivity contribution in [3.05, 3.63) is 35.4 Å². The van der Waals surface area contributed by atoms with Crippen molar-refractivity contribution in [3.63, 3.8) is 0 Å². The molecular formula is C12H17N3. The molecule has 1 aromatic rings. The number of aliphatic imine (C=N–C) groups is 1. The topological polar surface area (TPSA) is 41.6 Å². The molecule has 0 aromatic heterocycles. The molecular weight excluding hydrogens is 186 g/mol. The molecule has 0 saturated carbocycles. The van der Waals surface area contributed by atoms with E-state index < -0.39 is 0 Å². The molecule has 1 heterocycles. The summed E-state index contributed by atoms with van der Waals surface area (Å²) in [6.45, 7) is 4.91. The highest BCUT2D eigenvalue weighted by molar-refractivity contribution is 5.79. The van der Waals surface area contributed by atoms with Crippen molar-refractivity contribution >= 4 is 5.96 Å². The largest absolute Gasteiger partial charge is 0.370 e. The fourth-order valence-electron chi connectivity index (χ4n) is 1.86. The third-order valence-electron chi connectivity index (χ3n) is 2.72. The molecule has 1 aromatic carbocycles. The van der Waals surface area contributed by atoms with Gasteiger partial charge in [-0.15, -0.1) is 0 Å². The van der Waals surface area contributed by atoms with Gasteiger partial charge in [-0.2, -0.15) is 0 Å². The second-order valence-electron chi connectivity index (χ2n) is 3.97. The molecule has 2 rings (SSSR count). The van der Waals surface area contributed by atoms with E-state index in [1.165, 1.54) is 11.1 Å². The molecule has 0 atom stereocenters. The highest BCUT2D eigenvalue weighted by atomic mass is 15.3. The van der Waals surface area contributed by atoms with Gasteiger partial charge in [-0.25, -0.2) is 0 Å². The van der Waals surface area contributed by atoms with Gasteiger partial charge in [0.05, 0.1) is 6.54 Å². The molecule has 1 aliphatic heterocycles. The van der Waals surface area contributed by atoms with Gasteiger partial charge in [0.25, 0.3) is 0 Å². The third kappa shape index (κ3) is 2.49. The van der Waals surface area contributed by atoms with Crippen molar-refractivity contribution < 1.29 is 0 Å². The smallest absolute Gasteiger partial charge is 0.191 e. The lowest BCUT2D eigenvalue weighted by Gasteiger charge is -2.17. The number of aryl methyl sites for hydroxylation is 1. The Bertz CT molecular complexity index is 371. The van der Waals surface area contributed by atoms with Gasteiger partial charge in [-0.3, -0.25) is 4.99 Å². The minimum Gasteiger partial charge on any atom is -0.370 e. The maximum Gasteiger partial charge on any atom is 0.191 e. The van der Waals surface area contributed by atoms with E-state index >= 15 is 0 Å². The normalized spacial score (nSPS) is 15.5. The van der Waals surface area contributed by atoms with Gasteiger partial charge in [0.2, 0.25) is 0 Å². The molecule has 15 heavy (non-hydrogen) atoms. The molecule has 3 heteroatoms. The van der Waals surface area contributed by atoms with Crippen molar-refractivity contribution in [2.45, 2.75) is 13.3 Å². The van der Waals surface area contributed by atoms with Crippen LogP contribution in [-0.4, -0.2) is 30.5 Å². The predicted molar refractivity (Wildman–Crippen MR) is 62.9 cm³/mol. The second kappa shape index (κ2) is 4.34. The molecule has 3 nitrogen and oxygen atoms in total. The van der Waals surface area contributed by atoms with Gasteiger partial charge in [0.15, 0.2) is 5.96 Å². The second-order valence-corrected chi connectivity index (χ2v) is 3.97. The van der Waals surface area contributed by atoms with Gasteiger partial charge in [0.1, 0.15) is 0 Å². The maximum atomic E-state index is 5.75. The van der Waals surface area contributed by atoms with Crippen molar-refractivity contribution in [2.24, 2.45) is 10.7 Å². The van der Waals surface area contributed by atoms with E-state index in [1.54, 1.807) is 0 Å². The van der Waals surface area contributed by atoms with E-state index in [0.717, 1.165) is 26.1 Å². The summed E-state index contributed by atoms with van der Waals surface area (Å²) < 4.78 is 0. The average Bonchev–Trinajstić information content (AvgIpc) is 2.61. The molecule has 0 radical (unpaired) electrons. The highest BCUT2D eigenvalue weighted by Crippen LogP contribution is 2.06. The first-order valence-corrected chi connectivity index (χ1v) is 5.36. The van der Waals surface area contributed by atoms with Crippen molar-refractivity contribution in [1.29, 1.82) is 0 Å². The number of nitrogens with two attached hydrogens (primary N) is 1. The van der Waals surface area contributed by atoms with E-state index in [9.17, 15) is 0 Å². The zero-order chi connectivity index (χ0) is 10.7. The first kappa shape index (κ1) is 10.0. The number of hydrogen-bond acceptors (Lipinski definition) is 3. The Morgan fingerprint density at radius 2 is 2.33 bits per heavy atom. The van der Waals surface area contributed by atoms with E-state index in [-0.39, 0.29) is 0 Å². The lowest BCUT2D eigenvalue weighted by molar-refractivity contribution is 0.457. The van der Waals surface area contributed by atoms with Crippen LogP contribution >= 0.6 is 0 Å². The van der Waals surface area contributed by atoms with Crippen LogP contribution in [0, 0.1) is 6.92 Å². The van der Waals surface area contributed by atoms with Crippen LogP contribution in [0.15, 0.2) is 29.3 Å². The molecule has 0 aliphatic carbocycles. The van der Waals surface area contributed by atoms with Gasteiger partial charge < -0.3 is 10.6 Å². The monoisotopic (exact) mass is 203 g/mol. The number of hydrogen-bond donors (Lipinski definition) is 1. The Kier molecular flexibility index (Phi) is 2.90. The van der Waals surface area contributed by atoms with E-state index in [1.807, 2.05) is 0 Å². The average molecular weight is 203 g/mol. The van der Waals surface area contributed by atoms with Crippen molar-refractivity contribution in [1.82, 2.24) is 4.90 Å². The van der Waals surface area contributed by atoms with Crippen LogP contribution in [0.2, 0.25) is 0 Å². The zero-order valence-electron chi connectivity index (χ0n) is 9.11. The Morgan fingerprint density at radius 3 is 3.00 bits per heavy atom. The fraction of sp³-hybridized carbons (Fsp3) is 0.417. The quantitative estimate of drug-likeness (QED) is 0.801. The summed E-state index contributed by atoms with van der Waals surface area (Å²) in [6.07, 6.45) is 1.04. The van der Waals surface area contributed by atoms with Gasteiger partial charge in [-0.05, 0) is 18.9 Å². The molecule has 1 aliphatic rings. The Morgan fingerprint density at radius 1 is 1.47 bits per heavy atom. The van der Waals surface area contributed by atoms with Crippen LogP contribution in [0.25, 0.3) is 0 Å². The van der Waals surface area contributed by atoms with E-state index in [0.29, 0.717) is 5.96 Å². The van der Waals surface area contributed by atoms with Crippen molar-refractivity contribution in [3.8, 4) is 0 Å². The Balaban J connectivity index is 1.91. The summed E-state index contributed by atoms with van der Waals surface area (Å²) in [6, 6.07) is 8.61. The number of nitrogens with zero attached hydrogens (tertiary/aromatic N) is 2. The summed E-state index contributed by atoms with van der Waals surface area (Å²) in [7, 11) is 0. The zero-order valence-corrected chi connectivity index (χ0v) is 9.11. The first-order chi connectivity index (χ1) is 7.25. The third-order valence-corrected chi connectivity index (χ3v) is 2.72. The summed E-state index contributed by atoms with van der Waals surface area (Å²) in [4.78, 5) is 6.31.